The van der Waals surface area contributed by atoms with E-state index in [1.165, 1.54) is 6.07 Å². The van der Waals surface area contributed by atoms with E-state index >= 15 is 0 Å². The number of rotatable bonds is 7. The molecule has 1 heterocycles. The smallest absolute Gasteiger partial charge is 0.410 e. The van der Waals surface area contributed by atoms with Gasteiger partial charge >= 0.3 is 6.09 Å². The van der Waals surface area contributed by atoms with Crippen LogP contribution in [0.3, 0.4) is 0 Å². The number of piperazine rings is 1. The third kappa shape index (κ3) is 5.30. The van der Waals surface area contributed by atoms with Crippen LogP contribution in [0.25, 0.3) is 0 Å². The largest absolute Gasteiger partial charge is 0.490 e. The standard InChI is InChI=1S/C19H28F2N2O3/c1-4-14-11-22-8-9-23(14)19(24)26-12-15-16(20)5-6-17(18(15)21)25-10-7-13(2)3/h5-6,13-14,22H,4,7-12H2,1-3H3/t14-/m1/s1. The first-order valence-electron chi connectivity index (χ1n) is 9.17. The van der Waals surface area contributed by atoms with Crippen LogP contribution >= 0.6 is 0 Å². The van der Waals surface area contributed by atoms with E-state index in [-0.39, 0.29) is 17.4 Å². The summed E-state index contributed by atoms with van der Waals surface area (Å²) >= 11 is 0. The molecule has 1 fully saturated rings. The van der Waals surface area contributed by atoms with Gasteiger partial charge in [0.1, 0.15) is 12.4 Å². The van der Waals surface area contributed by atoms with Crippen molar-refractivity contribution in [2.75, 3.05) is 26.2 Å². The van der Waals surface area contributed by atoms with Crippen LogP contribution in [0.1, 0.15) is 39.2 Å². The second-order valence-electron chi connectivity index (χ2n) is 6.88. The molecule has 0 bridgehead atoms. The number of amides is 1. The van der Waals surface area contributed by atoms with Gasteiger partial charge in [-0.25, -0.2) is 13.6 Å². The van der Waals surface area contributed by atoms with Gasteiger partial charge in [-0.15, -0.1) is 0 Å². The van der Waals surface area contributed by atoms with Crippen LogP contribution in [0.4, 0.5) is 13.6 Å². The fourth-order valence-corrected chi connectivity index (χ4v) is 2.81. The predicted molar refractivity (Wildman–Crippen MR) is 95.1 cm³/mol. The minimum Gasteiger partial charge on any atom is -0.490 e. The van der Waals surface area contributed by atoms with Gasteiger partial charge < -0.3 is 19.7 Å². The highest BCUT2D eigenvalue weighted by Gasteiger charge is 2.27. The van der Waals surface area contributed by atoms with Crippen LogP contribution in [0, 0.1) is 17.6 Å². The topological polar surface area (TPSA) is 50.8 Å². The number of carbonyl (C=O) groups excluding carboxylic acids is 1. The van der Waals surface area contributed by atoms with E-state index in [0.717, 1.165) is 18.9 Å². The summed E-state index contributed by atoms with van der Waals surface area (Å²) < 4.78 is 39.1. The van der Waals surface area contributed by atoms with Crippen molar-refractivity contribution in [3.63, 3.8) is 0 Å². The first kappa shape index (κ1) is 20.4. The van der Waals surface area contributed by atoms with Gasteiger partial charge in [0.15, 0.2) is 11.6 Å². The third-order valence-electron chi connectivity index (χ3n) is 4.50. The van der Waals surface area contributed by atoms with Gasteiger partial charge in [-0.1, -0.05) is 20.8 Å². The lowest BCUT2D eigenvalue weighted by atomic mass is 10.1. The molecule has 146 valence electrons. The summed E-state index contributed by atoms with van der Waals surface area (Å²) in [6, 6.07) is 2.42. The van der Waals surface area contributed by atoms with Crippen molar-refractivity contribution < 1.29 is 23.0 Å². The Morgan fingerprint density at radius 1 is 1.38 bits per heavy atom. The highest BCUT2D eigenvalue weighted by atomic mass is 19.1. The van der Waals surface area contributed by atoms with Gasteiger partial charge in [-0.05, 0) is 30.9 Å². The molecule has 1 aliphatic heterocycles. The Bertz CT molecular complexity index is 611. The molecule has 0 radical (unpaired) electrons. The van der Waals surface area contributed by atoms with Crippen molar-refractivity contribution in [2.45, 2.75) is 46.3 Å². The highest BCUT2D eigenvalue weighted by molar-refractivity contribution is 5.68. The lowest BCUT2D eigenvalue weighted by Crippen LogP contribution is -2.53. The van der Waals surface area contributed by atoms with E-state index in [4.69, 9.17) is 9.47 Å². The normalized spacial score (nSPS) is 17.5. The average molecular weight is 370 g/mol. The lowest BCUT2D eigenvalue weighted by molar-refractivity contribution is 0.0697. The number of benzene rings is 1. The molecule has 5 nitrogen and oxygen atoms in total. The van der Waals surface area contributed by atoms with Crippen LogP contribution in [0.15, 0.2) is 12.1 Å². The molecule has 0 spiro atoms. The van der Waals surface area contributed by atoms with Crippen molar-refractivity contribution in [1.82, 2.24) is 10.2 Å². The van der Waals surface area contributed by atoms with Crippen molar-refractivity contribution >= 4 is 6.09 Å². The summed E-state index contributed by atoms with van der Waals surface area (Å²) in [4.78, 5) is 13.9. The lowest BCUT2D eigenvalue weighted by Gasteiger charge is -2.34. The Balaban J connectivity index is 2.00. The molecule has 1 aromatic carbocycles. The van der Waals surface area contributed by atoms with Crippen molar-refractivity contribution in [3.8, 4) is 5.75 Å². The number of carbonyl (C=O) groups is 1. The number of halogens is 2. The van der Waals surface area contributed by atoms with Crippen LogP contribution < -0.4 is 10.1 Å². The molecule has 1 amide bonds. The molecule has 0 unspecified atom stereocenters. The summed E-state index contributed by atoms with van der Waals surface area (Å²) in [5.74, 6) is -1.16. The van der Waals surface area contributed by atoms with Crippen molar-refractivity contribution in [2.24, 2.45) is 5.92 Å². The van der Waals surface area contributed by atoms with Crippen LogP contribution in [-0.2, 0) is 11.3 Å². The molecular weight excluding hydrogens is 342 g/mol. The maximum absolute atomic E-state index is 14.5. The summed E-state index contributed by atoms with van der Waals surface area (Å²) in [5.41, 5.74) is -0.288. The molecule has 1 aromatic rings. The Morgan fingerprint density at radius 2 is 2.15 bits per heavy atom. The minimum absolute atomic E-state index is 0.0216. The Labute approximate surface area is 153 Å². The molecule has 26 heavy (non-hydrogen) atoms. The Hall–Kier alpha value is -1.89. The molecule has 1 aliphatic rings. The second-order valence-corrected chi connectivity index (χ2v) is 6.88. The number of nitrogens with zero attached hydrogens (tertiary/aromatic N) is 1. The fourth-order valence-electron chi connectivity index (χ4n) is 2.81. The molecule has 0 aromatic heterocycles. The minimum atomic E-state index is -0.811. The SMILES string of the molecule is CC[C@@H]1CNCCN1C(=O)OCc1c(F)ccc(OCCC(C)C)c1F. The average Bonchev–Trinajstić information content (AvgIpc) is 2.63. The second kappa shape index (κ2) is 9.71. The third-order valence-corrected chi connectivity index (χ3v) is 4.50. The molecule has 1 N–H and O–H groups in total. The zero-order chi connectivity index (χ0) is 19.1. The van der Waals surface area contributed by atoms with Crippen LogP contribution in [-0.4, -0.2) is 43.3 Å². The van der Waals surface area contributed by atoms with E-state index in [1.807, 2.05) is 20.8 Å². The quantitative estimate of drug-likeness (QED) is 0.795. The van der Waals surface area contributed by atoms with Crippen molar-refractivity contribution in [3.05, 3.63) is 29.3 Å². The molecule has 2 rings (SSSR count). The fraction of sp³-hybridized carbons (Fsp3) is 0.632. The number of nitrogens with one attached hydrogen (secondary N) is 1. The van der Waals surface area contributed by atoms with Gasteiger partial charge in [0.05, 0.1) is 12.2 Å². The number of ether oxygens (including phenoxy) is 2. The summed E-state index contributed by atoms with van der Waals surface area (Å²) in [5, 5.41) is 3.21. The highest BCUT2D eigenvalue weighted by Crippen LogP contribution is 2.25. The number of hydrogen-bond donors (Lipinski definition) is 1. The van der Waals surface area contributed by atoms with Gasteiger partial charge in [-0.2, -0.15) is 0 Å². The first-order chi connectivity index (χ1) is 12.4. The van der Waals surface area contributed by atoms with E-state index in [2.05, 4.69) is 5.32 Å². The Kier molecular flexibility index (Phi) is 7.63. The van der Waals surface area contributed by atoms with E-state index < -0.39 is 24.3 Å². The molecule has 0 aliphatic carbocycles. The maximum atomic E-state index is 14.5. The van der Waals surface area contributed by atoms with Crippen molar-refractivity contribution in [1.29, 1.82) is 0 Å². The van der Waals surface area contributed by atoms with Gasteiger partial charge in [0, 0.05) is 25.7 Å². The van der Waals surface area contributed by atoms with Gasteiger partial charge in [0.25, 0.3) is 0 Å². The Morgan fingerprint density at radius 3 is 2.85 bits per heavy atom. The zero-order valence-corrected chi connectivity index (χ0v) is 15.7. The maximum Gasteiger partial charge on any atom is 0.410 e. The van der Waals surface area contributed by atoms with Gasteiger partial charge in [-0.3, -0.25) is 0 Å². The summed E-state index contributed by atoms with van der Waals surface area (Å²) in [7, 11) is 0. The summed E-state index contributed by atoms with van der Waals surface area (Å²) in [6.45, 7) is 7.82. The van der Waals surface area contributed by atoms with Crippen LogP contribution in [0.5, 0.6) is 5.75 Å². The molecule has 1 saturated heterocycles. The van der Waals surface area contributed by atoms with E-state index in [0.29, 0.717) is 32.2 Å². The molecule has 7 heteroatoms. The van der Waals surface area contributed by atoms with E-state index in [9.17, 15) is 13.6 Å². The van der Waals surface area contributed by atoms with Gasteiger partial charge in [0.2, 0.25) is 0 Å². The monoisotopic (exact) mass is 370 g/mol. The molecule has 0 saturated carbocycles. The van der Waals surface area contributed by atoms with Crippen LogP contribution in [0.2, 0.25) is 0 Å². The first-order valence-corrected chi connectivity index (χ1v) is 9.17. The molecule has 1 atom stereocenters. The molecular formula is C19H28F2N2O3. The summed E-state index contributed by atoms with van der Waals surface area (Å²) in [6.07, 6.45) is 0.996. The number of hydrogen-bond acceptors (Lipinski definition) is 4. The predicted octanol–water partition coefficient (Wildman–Crippen LogP) is 3.71. The zero-order valence-electron chi connectivity index (χ0n) is 15.7. The van der Waals surface area contributed by atoms with E-state index in [1.54, 1.807) is 4.90 Å².